The lowest BCUT2D eigenvalue weighted by molar-refractivity contribution is -0.124. The largest absolute Gasteiger partial charge is 0.452 e. The third kappa shape index (κ3) is 5.99. The Hall–Kier alpha value is -4.00. The fourth-order valence-electron chi connectivity index (χ4n) is 2.76. The van der Waals surface area contributed by atoms with E-state index in [4.69, 9.17) is 4.74 Å². The number of ether oxygens (including phenoxy) is 1. The summed E-state index contributed by atoms with van der Waals surface area (Å²) in [5, 5.41) is 5.24. The third-order valence-corrected chi connectivity index (χ3v) is 4.49. The number of carbonyl (C=O) groups excluding carboxylic acids is 3. The standard InChI is InChI=1S/C24H21FN2O4/c1-16-11-12-17(13-20(16)25)14-26-22(28)15-31-24(30)19-9-5-6-10-21(19)27-23(29)18-7-3-2-4-8-18/h2-13H,14-15H2,1H3,(H,26,28)(H,27,29). The number of halogens is 1. The molecule has 2 amide bonds. The first-order chi connectivity index (χ1) is 14.9. The summed E-state index contributed by atoms with van der Waals surface area (Å²) in [6.45, 7) is 1.25. The second-order valence-corrected chi connectivity index (χ2v) is 6.80. The summed E-state index contributed by atoms with van der Waals surface area (Å²) in [6, 6.07) is 19.6. The van der Waals surface area contributed by atoms with Crippen molar-refractivity contribution in [3.8, 4) is 0 Å². The van der Waals surface area contributed by atoms with Gasteiger partial charge in [-0.15, -0.1) is 0 Å². The lowest BCUT2D eigenvalue weighted by atomic mass is 10.1. The Bertz CT molecular complexity index is 1100. The lowest BCUT2D eigenvalue weighted by Crippen LogP contribution is -2.28. The van der Waals surface area contributed by atoms with Crippen molar-refractivity contribution in [3.63, 3.8) is 0 Å². The highest BCUT2D eigenvalue weighted by molar-refractivity contribution is 6.08. The van der Waals surface area contributed by atoms with Crippen LogP contribution in [-0.4, -0.2) is 24.4 Å². The van der Waals surface area contributed by atoms with Crippen molar-refractivity contribution in [3.05, 3.63) is 101 Å². The molecule has 0 saturated carbocycles. The number of para-hydroxylation sites is 1. The fraction of sp³-hybridized carbons (Fsp3) is 0.125. The molecular formula is C24H21FN2O4. The maximum absolute atomic E-state index is 13.6. The molecule has 0 unspecified atom stereocenters. The zero-order valence-corrected chi connectivity index (χ0v) is 16.9. The Morgan fingerprint density at radius 3 is 2.39 bits per heavy atom. The highest BCUT2D eigenvalue weighted by Gasteiger charge is 2.16. The van der Waals surface area contributed by atoms with E-state index >= 15 is 0 Å². The Kier molecular flexibility index (Phi) is 7.11. The summed E-state index contributed by atoms with van der Waals surface area (Å²) in [5.74, 6) is -2.00. The van der Waals surface area contributed by atoms with Crippen LogP contribution < -0.4 is 10.6 Å². The van der Waals surface area contributed by atoms with E-state index in [0.717, 1.165) is 0 Å². The van der Waals surface area contributed by atoms with E-state index in [-0.39, 0.29) is 29.5 Å². The molecule has 0 aliphatic heterocycles. The molecule has 0 atom stereocenters. The van der Waals surface area contributed by atoms with Crippen molar-refractivity contribution >= 4 is 23.5 Å². The Morgan fingerprint density at radius 1 is 0.935 bits per heavy atom. The topological polar surface area (TPSA) is 84.5 Å². The second kappa shape index (κ2) is 10.2. The molecule has 0 bridgehead atoms. The number of esters is 1. The third-order valence-electron chi connectivity index (χ3n) is 4.49. The van der Waals surface area contributed by atoms with E-state index in [1.165, 1.54) is 12.1 Å². The van der Waals surface area contributed by atoms with Crippen LogP contribution in [0.1, 0.15) is 31.8 Å². The van der Waals surface area contributed by atoms with Gasteiger partial charge in [-0.1, -0.05) is 42.5 Å². The SMILES string of the molecule is Cc1ccc(CNC(=O)COC(=O)c2ccccc2NC(=O)c2ccccc2)cc1F. The van der Waals surface area contributed by atoms with Crippen LogP contribution in [0.2, 0.25) is 0 Å². The summed E-state index contributed by atoms with van der Waals surface area (Å²) in [7, 11) is 0. The van der Waals surface area contributed by atoms with Gasteiger partial charge < -0.3 is 15.4 Å². The minimum absolute atomic E-state index is 0.108. The van der Waals surface area contributed by atoms with E-state index < -0.39 is 18.5 Å². The molecular weight excluding hydrogens is 399 g/mol. The monoisotopic (exact) mass is 420 g/mol. The van der Waals surface area contributed by atoms with Gasteiger partial charge in [0.25, 0.3) is 11.8 Å². The first-order valence-electron chi connectivity index (χ1n) is 9.58. The first kappa shape index (κ1) is 21.7. The van der Waals surface area contributed by atoms with Crippen molar-refractivity contribution in [1.29, 1.82) is 0 Å². The Balaban J connectivity index is 1.56. The maximum atomic E-state index is 13.6. The Labute approximate surface area is 179 Å². The number of amides is 2. The van der Waals surface area contributed by atoms with Crippen LogP contribution in [0.4, 0.5) is 10.1 Å². The number of carbonyl (C=O) groups is 3. The van der Waals surface area contributed by atoms with Crippen LogP contribution in [0.3, 0.4) is 0 Å². The molecule has 0 saturated heterocycles. The molecule has 2 N–H and O–H groups in total. The fourth-order valence-corrected chi connectivity index (χ4v) is 2.76. The van der Waals surface area contributed by atoms with E-state index in [0.29, 0.717) is 16.7 Å². The lowest BCUT2D eigenvalue weighted by Gasteiger charge is -2.11. The molecule has 0 spiro atoms. The summed E-state index contributed by atoms with van der Waals surface area (Å²) in [4.78, 5) is 36.8. The van der Waals surface area contributed by atoms with Gasteiger partial charge in [0, 0.05) is 12.1 Å². The van der Waals surface area contributed by atoms with Gasteiger partial charge in [0.15, 0.2) is 6.61 Å². The van der Waals surface area contributed by atoms with Crippen molar-refractivity contribution in [1.82, 2.24) is 5.32 Å². The van der Waals surface area contributed by atoms with Crippen LogP contribution >= 0.6 is 0 Å². The Morgan fingerprint density at radius 2 is 1.65 bits per heavy atom. The van der Waals surface area contributed by atoms with Crippen molar-refractivity contribution in [2.75, 3.05) is 11.9 Å². The highest BCUT2D eigenvalue weighted by Crippen LogP contribution is 2.17. The molecule has 3 aromatic carbocycles. The van der Waals surface area contributed by atoms with Gasteiger partial charge in [0.05, 0.1) is 11.3 Å². The van der Waals surface area contributed by atoms with Gasteiger partial charge in [-0.25, -0.2) is 9.18 Å². The summed E-state index contributed by atoms with van der Waals surface area (Å²) in [6.07, 6.45) is 0. The molecule has 31 heavy (non-hydrogen) atoms. The molecule has 0 heterocycles. The van der Waals surface area contributed by atoms with Crippen molar-refractivity contribution in [2.45, 2.75) is 13.5 Å². The molecule has 0 fully saturated rings. The van der Waals surface area contributed by atoms with Gasteiger partial charge in [-0.2, -0.15) is 0 Å². The molecule has 0 aromatic heterocycles. The van der Waals surface area contributed by atoms with E-state index in [2.05, 4.69) is 10.6 Å². The molecule has 3 aromatic rings. The molecule has 0 aliphatic rings. The predicted octanol–water partition coefficient (Wildman–Crippen LogP) is 3.86. The number of hydrogen-bond acceptors (Lipinski definition) is 4. The molecule has 7 heteroatoms. The van der Waals surface area contributed by atoms with Crippen LogP contribution in [-0.2, 0) is 16.1 Å². The number of anilines is 1. The average Bonchev–Trinajstić information content (AvgIpc) is 2.79. The zero-order chi connectivity index (χ0) is 22.2. The smallest absolute Gasteiger partial charge is 0.340 e. The number of hydrogen-bond donors (Lipinski definition) is 2. The second-order valence-electron chi connectivity index (χ2n) is 6.80. The first-order valence-corrected chi connectivity index (χ1v) is 9.58. The van der Waals surface area contributed by atoms with Crippen LogP contribution in [0.5, 0.6) is 0 Å². The minimum Gasteiger partial charge on any atom is -0.452 e. The maximum Gasteiger partial charge on any atom is 0.340 e. The summed E-state index contributed by atoms with van der Waals surface area (Å²) in [5.41, 5.74) is 1.95. The molecule has 3 rings (SSSR count). The van der Waals surface area contributed by atoms with Gasteiger partial charge in [-0.3, -0.25) is 9.59 Å². The average molecular weight is 420 g/mol. The van der Waals surface area contributed by atoms with Crippen LogP contribution in [0.15, 0.2) is 72.8 Å². The zero-order valence-electron chi connectivity index (χ0n) is 16.9. The van der Waals surface area contributed by atoms with E-state index in [1.807, 2.05) is 0 Å². The van der Waals surface area contributed by atoms with Gasteiger partial charge >= 0.3 is 5.97 Å². The van der Waals surface area contributed by atoms with E-state index in [1.54, 1.807) is 67.6 Å². The summed E-state index contributed by atoms with van der Waals surface area (Å²) < 4.78 is 18.6. The van der Waals surface area contributed by atoms with Crippen LogP contribution in [0.25, 0.3) is 0 Å². The summed E-state index contributed by atoms with van der Waals surface area (Å²) >= 11 is 0. The quantitative estimate of drug-likeness (QED) is 0.569. The molecule has 0 aliphatic carbocycles. The minimum atomic E-state index is -0.750. The van der Waals surface area contributed by atoms with Crippen molar-refractivity contribution in [2.24, 2.45) is 0 Å². The number of rotatable bonds is 7. The highest BCUT2D eigenvalue weighted by atomic mass is 19.1. The van der Waals surface area contributed by atoms with E-state index in [9.17, 15) is 18.8 Å². The molecule has 0 radical (unpaired) electrons. The number of nitrogens with one attached hydrogen (secondary N) is 2. The predicted molar refractivity (Wildman–Crippen MR) is 114 cm³/mol. The molecule has 158 valence electrons. The van der Waals surface area contributed by atoms with Crippen molar-refractivity contribution < 1.29 is 23.5 Å². The van der Waals surface area contributed by atoms with Gasteiger partial charge in [0.1, 0.15) is 5.82 Å². The van der Waals surface area contributed by atoms with Crippen LogP contribution in [0, 0.1) is 12.7 Å². The molecule has 6 nitrogen and oxygen atoms in total. The normalized spacial score (nSPS) is 10.3. The number of aryl methyl sites for hydroxylation is 1. The number of benzene rings is 3. The van der Waals surface area contributed by atoms with Gasteiger partial charge in [0.2, 0.25) is 0 Å². The van der Waals surface area contributed by atoms with Gasteiger partial charge in [-0.05, 0) is 48.4 Å².